The van der Waals surface area contributed by atoms with Crippen molar-refractivity contribution in [3.8, 4) is 0 Å². The summed E-state index contributed by atoms with van der Waals surface area (Å²) in [6.07, 6.45) is 5.34. The molecule has 0 saturated carbocycles. The molecule has 0 saturated heterocycles. The fraction of sp³-hybridized carbons (Fsp3) is 0.250. The van der Waals surface area contributed by atoms with Crippen molar-refractivity contribution in [1.82, 2.24) is 15.0 Å². The maximum Gasteiger partial charge on any atom is 0.113 e. The number of aryl methyl sites for hydroxylation is 2. The van der Waals surface area contributed by atoms with Crippen molar-refractivity contribution in [3.63, 3.8) is 0 Å². The van der Waals surface area contributed by atoms with E-state index in [1.54, 1.807) is 12.5 Å². The molecule has 0 atom stereocenters. The van der Waals surface area contributed by atoms with Gasteiger partial charge in [-0.2, -0.15) is 5.43 Å². The summed E-state index contributed by atoms with van der Waals surface area (Å²) in [5.41, 5.74) is 6.67. The molecule has 0 fully saturated rings. The van der Waals surface area contributed by atoms with Crippen molar-refractivity contribution >= 4 is 5.71 Å². The normalized spacial score (nSPS) is 14.7. The van der Waals surface area contributed by atoms with E-state index < -0.39 is 0 Å². The molecule has 0 amide bonds. The van der Waals surface area contributed by atoms with E-state index in [2.05, 4.69) is 15.5 Å². The van der Waals surface area contributed by atoms with Crippen LogP contribution in [0.2, 0.25) is 0 Å². The molecule has 1 aromatic heterocycles. The summed E-state index contributed by atoms with van der Waals surface area (Å²) in [6.45, 7) is 1.96. The molecule has 0 bridgehead atoms. The summed E-state index contributed by atoms with van der Waals surface area (Å²) in [7, 11) is 1.95. The van der Waals surface area contributed by atoms with E-state index in [0.717, 1.165) is 17.1 Å². The predicted molar refractivity (Wildman–Crippen MR) is 45.8 cm³/mol. The van der Waals surface area contributed by atoms with Crippen LogP contribution in [-0.2, 0) is 7.05 Å². The monoisotopic (exact) mass is 161 g/mol. The van der Waals surface area contributed by atoms with Crippen LogP contribution in [0, 0.1) is 6.92 Å². The van der Waals surface area contributed by atoms with E-state index in [-0.39, 0.29) is 0 Å². The van der Waals surface area contributed by atoms with E-state index in [1.165, 1.54) is 0 Å². The molecule has 1 radical (unpaired) electrons. The highest BCUT2D eigenvalue weighted by Crippen LogP contribution is 2.09. The lowest BCUT2D eigenvalue weighted by Crippen LogP contribution is -2.04. The summed E-state index contributed by atoms with van der Waals surface area (Å²) in [5, 5.41) is 3.97. The third kappa shape index (κ3) is 0.922. The molecule has 12 heavy (non-hydrogen) atoms. The first kappa shape index (κ1) is 7.09. The van der Waals surface area contributed by atoms with Gasteiger partial charge >= 0.3 is 0 Å². The fourth-order valence-corrected chi connectivity index (χ4v) is 1.27. The Kier molecular flexibility index (Phi) is 1.46. The number of hydrogen-bond donors (Lipinski definition) is 0. The van der Waals surface area contributed by atoms with Gasteiger partial charge in [0.2, 0.25) is 0 Å². The van der Waals surface area contributed by atoms with Crippen LogP contribution in [0.15, 0.2) is 23.7 Å². The van der Waals surface area contributed by atoms with Crippen molar-refractivity contribution in [2.24, 2.45) is 12.1 Å². The standard InChI is InChI=1S/C8H9N4/c1-6-8(12(2)5-9-6)7-3-4-10-11-7/h3-5H,1-2H3. The van der Waals surface area contributed by atoms with Crippen LogP contribution >= 0.6 is 0 Å². The fourth-order valence-electron chi connectivity index (χ4n) is 1.27. The van der Waals surface area contributed by atoms with Gasteiger partial charge in [-0.05, 0) is 13.0 Å². The van der Waals surface area contributed by atoms with Crippen molar-refractivity contribution in [2.75, 3.05) is 0 Å². The molecule has 4 heteroatoms. The third-order valence-electron chi connectivity index (χ3n) is 1.83. The zero-order chi connectivity index (χ0) is 8.55. The van der Waals surface area contributed by atoms with Crippen molar-refractivity contribution in [3.05, 3.63) is 30.0 Å². The summed E-state index contributed by atoms with van der Waals surface area (Å²) < 4.78 is 1.94. The Bertz CT molecular complexity index is 340. The highest BCUT2D eigenvalue weighted by atomic mass is 15.3. The van der Waals surface area contributed by atoms with Crippen molar-refractivity contribution in [1.29, 1.82) is 0 Å². The molecule has 0 spiro atoms. The second-order valence-electron chi connectivity index (χ2n) is 2.71. The lowest BCUT2D eigenvalue weighted by molar-refractivity contribution is 0.896. The molecule has 0 aliphatic carbocycles. The first-order valence-electron chi connectivity index (χ1n) is 3.71. The third-order valence-corrected chi connectivity index (χ3v) is 1.83. The van der Waals surface area contributed by atoms with Crippen molar-refractivity contribution in [2.45, 2.75) is 6.92 Å². The van der Waals surface area contributed by atoms with Gasteiger partial charge in [-0.1, -0.05) is 0 Å². The van der Waals surface area contributed by atoms with E-state index in [0.29, 0.717) is 0 Å². The average molecular weight is 161 g/mol. The van der Waals surface area contributed by atoms with Gasteiger partial charge in [0.1, 0.15) is 5.71 Å². The zero-order valence-corrected chi connectivity index (χ0v) is 7.02. The number of hydrogen-bond acceptors (Lipinski definition) is 2. The first-order valence-corrected chi connectivity index (χ1v) is 3.71. The molecular formula is C8H9N4. The van der Waals surface area contributed by atoms with Gasteiger partial charge in [0, 0.05) is 7.05 Å². The Balaban J connectivity index is 2.51. The van der Waals surface area contributed by atoms with Gasteiger partial charge in [-0.3, -0.25) is 0 Å². The summed E-state index contributed by atoms with van der Waals surface area (Å²) in [4.78, 5) is 4.17. The quantitative estimate of drug-likeness (QED) is 0.593. The minimum atomic E-state index is 0.882. The molecule has 0 aromatic carbocycles. The zero-order valence-electron chi connectivity index (χ0n) is 7.02. The van der Waals surface area contributed by atoms with E-state index in [1.807, 2.05) is 24.6 Å². The minimum Gasteiger partial charge on any atom is -0.332 e. The van der Waals surface area contributed by atoms with Crippen LogP contribution < -0.4 is 5.43 Å². The highest BCUT2D eigenvalue weighted by Gasteiger charge is 2.11. The smallest absolute Gasteiger partial charge is 0.113 e. The molecule has 2 heterocycles. The molecule has 4 nitrogen and oxygen atoms in total. The molecular weight excluding hydrogens is 152 g/mol. The predicted octanol–water partition coefficient (Wildman–Crippen LogP) is 0.564. The van der Waals surface area contributed by atoms with Crippen LogP contribution in [0.5, 0.6) is 0 Å². The van der Waals surface area contributed by atoms with Crippen LogP contribution in [0.4, 0.5) is 0 Å². The second-order valence-corrected chi connectivity index (χ2v) is 2.71. The Hall–Kier alpha value is -1.58. The van der Waals surface area contributed by atoms with Gasteiger partial charge < -0.3 is 4.57 Å². The maximum atomic E-state index is 4.17. The Morgan fingerprint density at radius 3 is 2.75 bits per heavy atom. The summed E-state index contributed by atoms with van der Waals surface area (Å²) in [5.74, 6) is 0. The highest BCUT2D eigenvalue weighted by molar-refractivity contribution is 6.09. The lowest BCUT2D eigenvalue weighted by Gasteiger charge is -1.99. The average Bonchev–Trinajstić information content (AvgIpc) is 2.61. The Morgan fingerprint density at radius 2 is 2.25 bits per heavy atom. The second kappa shape index (κ2) is 2.48. The SMILES string of the molecule is Cc1ncn(C)c1C1=N[N]C=C1. The van der Waals surface area contributed by atoms with E-state index >= 15 is 0 Å². The molecule has 0 N–H and O–H groups in total. The van der Waals surface area contributed by atoms with Crippen LogP contribution in [0.25, 0.3) is 0 Å². The largest absolute Gasteiger partial charge is 0.332 e. The van der Waals surface area contributed by atoms with Crippen LogP contribution in [0.3, 0.4) is 0 Å². The first-order chi connectivity index (χ1) is 5.79. The van der Waals surface area contributed by atoms with E-state index in [9.17, 15) is 0 Å². The minimum absolute atomic E-state index is 0.882. The van der Waals surface area contributed by atoms with Crippen LogP contribution in [0.1, 0.15) is 11.4 Å². The lowest BCUT2D eigenvalue weighted by atomic mass is 10.2. The van der Waals surface area contributed by atoms with Gasteiger partial charge in [-0.15, -0.1) is 5.10 Å². The number of nitrogens with zero attached hydrogens (tertiary/aromatic N) is 4. The van der Waals surface area contributed by atoms with Crippen LogP contribution in [-0.4, -0.2) is 15.3 Å². The number of aromatic nitrogens is 2. The number of allylic oxidation sites excluding steroid dienone is 1. The van der Waals surface area contributed by atoms with Gasteiger partial charge in [0.05, 0.1) is 23.9 Å². The van der Waals surface area contributed by atoms with Gasteiger partial charge in [-0.25, -0.2) is 4.98 Å². The molecule has 2 rings (SSSR count). The number of imidazole rings is 1. The topological polar surface area (TPSA) is 44.3 Å². The summed E-state index contributed by atoms with van der Waals surface area (Å²) in [6, 6.07) is 0. The molecule has 1 aliphatic rings. The van der Waals surface area contributed by atoms with E-state index in [4.69, 9.17) is 0 Å². The molecule has 1 aromatic rings. The number of rotatable bonds is 1. The molecule has 61 valence electrons. The maximum absolute atomic E-state index is 4.17. The van der Waals surface area contributed by atoms with Gasteiger partial charge in [0.25, 0.3) is 0 Å². The molecule has 0 unspecified atom stereocenters. The van der Waals surface area contributed by atoms with Crippen molar-refractivity contribution < 1.29 is 0 Å². The Labute approximate surface area is 70.6 Å². The molecule has 1 aliphatic heterocycles. The summed E-state index contributed by atoms with van der Waals surface area (Å²) >= 11 is 0. The Morgan fingerprint density at radius 1 is 1.42 bits per heavy atom. The van der Waals surface area contributed by atoms with Gasteiger partial charge in [0.15, 0.2) is 0 Å².